The van der Waals surface area contributed by atoms with Gasteiger partial charge in [-0.05, 0) is 36.6 Å². The highest BCUT2D eigenvalue weighted by atomic mass is 32.2. The smallest absolute Gasteiger partial charge is 0.420 e. The van der Waals surface area contributed by atoms with Gasteiger partial charge in [-0.2, -0.15) is 4.31 Å². The minimum Gasteiger partial charge on any atom is -0.465 e. The molecule has 8 nitrogen and oxygen atoms in total. The van der Waals surface area contributed by atoms with Gasteiger partial charge < -0.3 is 9.15 Å². The van der Waals surface area contributed by atoms with Crippen LogP contribution in [0.15, 0.2) is 56.6 Å². The number of esters is 1. The van der Waals surface area contributed by atoms with Crippen LogP contribution in [0.5, 0.6) is 0 Å². The molecular formula is C20H20N2O6S. The van der Waals surface area contributed by atoms with E-state index < -0.39 is 21.7 Å². The Bertz CT molecular complexity index is 1240. The topological polar surface area (TPSA) is 98.8 Å². The van der Waals surface area contributed by atoms with E-state index in [2.05, 4.69) is 0 Å². The quantitative estimate of drug-likeness (QED) is 0.589. The Balaban J connectivity index is 1.66. The second-order valence-corrected chi connectivity index (χ2v) is 8.68. The fraction of sp³-hybridized carbons (Fsp3) is 0.300. The van der Waals surface area contributed by atoms with Crippen molar-refractivity contribution in [2.75, 3.05) is 13.2 Å². The van der Waals surface area contributed by atoms with E-state index in [-0.39, 0.29) is 23.6 Å². The maximum Gasteiger partial charge on any atom is 0.420 e. The highest BCUT2D eigenvalue weighted by Crippen LogP contribution is 2.26. The molecule has 152 valence electrons. The lowest BCUT2D eigenvalue weighted by molar-refractivity contribution is -0.143. The first-order valence-electron chi connectivity index (χ1n) is 9.26. The fourth-order valence-electron chi connectivity index (χ4n) is 3.52. The van der Waals surface area contributed by atoms with E-state index in [4.69, 9.17) is 9.15 Å². The molecule has 0 radical (unpaired) electrons. The number of sulfonamides is 1. The highest BCUT2D eigenvalue weighted by molar-refractivity contribution is 7.89. The molecule has 3 aromatic rings. The molecule has 2 heterocycles. The molecule has 29 heavy (non-hydrogen) atoms. The number of hydrogen-bond acceptors (Lipinski definition) is 6. The molecule has 0 spiro atoms. The third-order valence-electron chi connectivity index (χ3n) is 4.97. The highest BCUT2D eigenvalue weighted by Gasteiger charge is 2.29. The molecular weight excluding hydrogens is 396 g/mol. The number of rotatable bonds is 5. The lowest BCUT2D eigenvalue weighted by Gasteiger charge is -2.28. The minimum absolute atomic E-state index is 0.0430. The van der Waals surface area contributed by atoms with Crippen LogP contribution in [0, 0.1) is 0 Å². The van der Waals surface area contributed by atoms with Gasteiger partial charge in [0.05, 0.1) is 17.0 Å². The van der Waals surface area contributed by atoms with E-state index in [0.29, 0.717) is 25.0 Å². The molecule has 4 rings (SSSR count). The zero-order chi connectivity index (χ0) is 20.6. The van der Waals surface area contributed by atoms with Gasteiger partial charge in [0.15, 0.2) is 5.58 Å². The zero-order valence-electron chi connectivity index (χ0n) is 15.8. The molecule has 0 unspecified atom stereocenters. The maximum atomic E-state index is 13.1. The molecule has 1 aromatic heterocycles. The molecule has 0 N–H and O–H groups in total. The van der Waals surface area contributed by atoms with Gasteiger partial charge in [0, 0.05) is 19.2 Å². The molecule has 0 aliphatic carbocycles. The van der Waals surface area contributed by atoms with Crippen LogP contribution >= 0.6 is 0 Å². The standard InChI is InChI=1S/C20H20N2O6S/c1-2-27-19(23)13-22-17-8-7-16(11-18(17)28-20(22)24)29(25,26)21-10-9-14-5-3-4-6-15(14)12-21/h3-8,11H,2,9-10,12-13H2,1H3. The number of nitrogens with zero attached hydrogens (tertiary/aromatic N) is 2. The third kappa shape index (κ3) is 3.58. The summed E-state index contributed by atoms with van der Waals surface area (Å²) >= 11 is 0. The molecule has 0 atom stereocenters. The number of fused-ring (bicyclic) bond motifs is 2. The summed E-state index contributed by atoms with van der Waals surface area (Å²) in [6.45, 7) is 2.25. The second-order valence-electron chi connectivity index (χ2n) is 6.75. The molecule has 9 heteroatoms. The number of carbonyl (C=O) groups is 1. The predicted octanol–water partition coefficient (Wildman–Crippen LogP) is 1.90. The number of hydrogen-bond donors (Lipinski definition) is 0. The third-order valence-corrected chi connectivity index (χ3v) is 6.81. The summed E-state index contributed by atoms with van der Waals surface area (Å²) in [5, 5.41) is 0. The average Bonchev–Trinajstić information content (AvgIpc) is 3.02. The van der Waals surface area contributed by atoms with Crippen molar-refractivity contribution < 1.29 is 22.4 Å². The molecule has 0 bridgehead atoms. The SMILES string of the molecule is CCOC(=O)Cn1c(=O)oc2cc(S(=O)(=O)N3CCc4ccccc4C3)ccc21. The van der Waals surface area contributed by atoms with Crippen molar-refractivity contribution in [3.05, 3.63) is 64.1 Å². The second kappa shape index (κ2) is 7.49. The van der Waals surface area contributed by atoms with Crippen molar-refractivity contribution >= 4 is 27.1 Å². The van der Waals surface area contributed by atoms with Crippen LogP contribution in [0.25, 0.3) is 11.1 Å². The molecule has 0 saturated carbocycles. The Labute approximate surface area is 167 Å². The molecule has 0 amide bonds. The van der Waals surface area contributed by atoms with E-state index >= 15 is 0 Å². The molecule has 0 saturated heterocycles. The van der Waals surface area contributed by atoms with E-state index in [1.54, 1.807) is 6.92 Å². The normalized spacial score (nSPS) is 14.7. The molecule has 0 fully saturated rings. The van der Waals surface area contributed by atoms with Crippen LogP contribution < -0.4 is 5.76 Å². The first-order valence-corrected chi connectivity index (χ1v) is 10.7. The van der Waals surface area contributed by atoms with Crippen LogP contribution in [-0.4, -0.2) is 36.4 Å². The first kappa shape index (κ1) is 19.4. The van der Waals surface area contributed by atoms with Gasteiger partial charge in [-0.3, -0.25) is 9.36 Å². The van der Waals surface area contributed by atoms with Gasteiger partial charge in [-0.1, -0.05) is 24.3 Å². The lowest BCUT2D eigenvalue weighted by atomic mass is 10.0. The minimum atomic E-state index is -3.76. The Morgan fingerprint density at radius 2 is 1.93 bits per heavy atom. The molecule has 2 aromatic carbocycles. The Hall–Kier alpha value is -2.91. The predicted molar refractivity (Wildman–Crippen MR) is 105 cm³/mol. The summed E-state index contributed by atoms with van der Waals surface area (Å²) in [5.41, 5.74) is 2.58. The summed E-state index contributed by atoms with van der Waals surface area (Å²) < 4.78 is 38.8. The van der Waals surface area contributed by atoms with Crippen LogP contribution in [0.3, 0.4) is 0 Å². The van der Waals surface area contributed by atoms with Gasteiger partial charge in [0.1, 0.15) is 6.54 Å². The van der Waals surface area contributed by atoms with Crippen LogP contribution in [0.2, 0.25) is 0 Å². The summed E-state index contributed by atoms with van der Waals surface area (Å²) in [4.78, 5) is 23.9. The number of carbonyl (C=O) groups excluding carboxylic acids is 1. The van der Waals surface area contributed by atoms with Crippen molar-refractivity contribution in [1.82, 2.24) is 8.87 Å². The van der Waals surface area contributed by atoms with Crippen LogP contribution in [-0.2, 0) is 39.1 Å². The van der Waals surface area contributed by atoms with Crippen LogP contribution in [0.4, 0.5) is 0 Å². The van der Waals surface area contributed by atoms with Crippen molar-refractivity contribution in [2.45, 2.75) is 31.3 Å². The lowest BCUT2D eigenvalue weighted by Crippen LogP contribution is -2.35. The van der Waals surface area contributed by atoms with Gasteiger partial charge >= 0.3 is 11.7 Å². The average molecular weight is 416 g/mol. The number of aromatic nitrogens is 1. The zero-order valence-corrected chi connectivity index (χ0v) is 16.6. The van der Waals surface area contributed by atoms with Crippen LogP contribution in [0.1, 0.15) is 18.1 Å². The summed E-state index contributed by atoms with van der Waals surface area (Å²) in [6, 6.07) is 12.0. The van der Waals surface area contributed by atoms with Gasteiger partial charge in [0.25, 0.3) is 0 Å². The number of oxazole rings is 1. The van der Waals surface area contributed by atoms with E-state index in [9.17, 15) is 18.0 Å². The van der Waals surface area contributed by atoms with Crippen molar-refractivity contribution in [3.63, 3.8) is 0 Å². The first-order chi connectivity index (χ1) is 13.9. The monoisotopic (exact) mass is 416 g/mol. The summed E-state index contributed by atoms with van der Waals surface area (Å²) in [5.74, 6) is -1.31. The van der Waals surface area contributed by atoms with E-state index in [0.717, 1.165) is 15.7 Å². The largest absolute Gasteiger partial charge is 0.465 e. The van der Waals surface area contributed by atoms with Crippen molar-refractivity contribution in [3.8, 4) is 0 Å². The van der Waals surface area contributed by atoms with Gasteiger partial charge in [0.2, 0.25) is 10.0 Å². The number of ether oxygens (including phenoxy) is 1. The van der Waals surface area contributed by atoms with E-state index in [1.165, 1.54) is 22.5 Å². The molecule has 1 aliphatic heterocycles. The fourth-order valence-corrected chi connectivity index (χ4v) is 4.95. The Morgan fingerprint density at radius 1 is 1.17 bits per heavy atom. The van der Waals surface area contributed by atoms with E-state index in [1.807, 2.05) is 24.3 Å². The maximum absolute atomic E-state index is 13.1. The van der Waals surface area contributed by atoms with Gasteiger partial charge in [-0.15, -0.1) is 0 Å². The summed E-state index contributed by atoms with van der Waals surface area (Å²) in [7, 11) is -3.76. The number of benzene rings is 2. The summed E-state index contributed by atoms with van der Waals surface area (Å²) in [6.07, 6.45) is 0.642. The van der Waals surface area contributed by atoms with Crippen molar-refractivity contribution in [1.29, 1.82) is 0 Å². The Morgan fingerprint density at radius 3 is 2.69 bits per heavy atom. The van der Waals surface area contributed by atoms with Gasteiger partial charge in [-0.25, -0.2) is 13.2 Å². The van der Waals surface area contributed by atoms with Crippen molar-refractivity contribution in [2.24, 2.45) is 0 Å². The Kier molecular flexibility index (Phi) is 5.01. The molecule has 1 aliphatic rings.